The third-order valence-corrected chi connectivity index (χ3v) is 2.39. The molecule has 74 valence electrons. The average Bonchev–Trinajstić information content (AvgIpc) is 2.00. The zero-order valence-electron chi connectivity index (χ0n) is 8.72. The highest BCUT2D eigenvalue weighted by molar-refractivity contribution is 4.69. The van der Waals surface area contributed by atoms with Crippen molar-refractivity contribution in [2.24, 2.45) is 17.4 Å². The molecule has 2 heteroatoms. The first kappa shape index (κ1) is 11.9. The van der Waals surface area contributed by atoms with E-state index in [2.05, 4.69) is 20.8 Å². The smallest absolute Gasteiger partial charge is 0.00624 e. The zero-order valence-corrected chi connectivity index (χ0v) is 8.72. The van der Waals surface area contributed by atoms with Crippen LogP contribution in [0.1, 0.15) is 46.5 Å². The molecular weight excluding hydrogens is 148 g/mol. The largest absolute Gasteiger partial charge is 0.328 e. The lowest BCUT2D eigenvalue weighted by Gasteiger charge is -2.17. The Hall–Kier alpha value is -0.0800. The van der Waals surface area contributed by atoms with Gasteiger partial charge < -0.3 is 11.5 Å². The fourth-order valence-corrected chi connectivity index (χ4v) is 1.25. The van der Waals surface area contributed by atoms with E-state index < -0.39 is 0 Å². The average molecular weight is 172 g/mol. The molecule has 0 aliphatic carbocycles. The highest BCUT2D eigenvalue weighted by atomic mass is 14.7. The molecule has 1 unspecified atom stereocenters. The first-order valence-electron chi connectivity index (χ1n) is 5.09. The molecule has 0 spiro atoms. The second kappa shape index (κ2) is 6.44. The summed E-state index contributed by atoms with van der Waals surface area (Å²) >= 11 is 0. The van der Waals surface area contributed by atoms with Crippen molar-refractivity contribution in [3.05, 3.63) is 0 Å². The molecule has 0 radical (unpaired) electrons. The van der Waals surface area contributed by atoms with E-state index in [0.29, 0.717) is 18.0 Å². The normalized spacial score (nSPS) is 16.5. The van der Waals surface area contributed by atoms with Crippen molar-refractivity contribution in [2.75, 3.05) is 0 Å². The van der Waals surface area contributed by atoms with Gasteiger partial charge in [-0.3, -0.25) is 0 Å². The Kier molecular flexibility index (Phi) is 6.39. The van der Waals surface area contributed by atoms with E-state index in [-0.39, 0.29) is 0 Å². The van der Waals surface area contributed by atoms with E-state index in [1.807, 2.05) is 0 Å². The lowest BCUT2D eigenvalue weighted by Crippen LogP contribution is -2.29. The zero-order chi connectivity index (χ0) is 9.56. The Labute approximate surface area is 76.7 Å². The van der Waals surface area contributed by atoms with Crippen LogP contribution in [0.25, 0.3) is 0 Å². The van der Waals surface area contributed by atoms with Crippen molar-refractivity contribution in [3.63, 3.8) is 0 Å². The van der Waals surface area contributed by atoms with Gasteiger partial charge in [-0.25, -0.2) is 0 Å². The van der Waals surface area contributed by atoms with E-state index in [4.69, 9.17) is 11.5 Å². The van der Waals surface area contributed by atoms with Crippen LogP contribution in [0, 0.1) is 5.92 Å². The van der Waals surface area contributed by atoms with Crippen LogP contribution >= 0.6 is 0 Å². The Balaban J connectivity index is 3.40. The first-order chi connectivity index (χ1) is 5.57. The van der Waals surface area contributed by atoms with Gasteiger partial charge in [0.1, 0.15) is 0 Å². The molecule has 0 aromatic carbocycles. The molecule has 0 saturated heterocycles. The fourth-order valence-electron chi connectivity index (χ4n) is 1.25. The van der Waals surface area contributed by atoms with Gasteiger partial charge in [0.15, 0.2) is 0 Å². The summed E-state index contributed by atoms with van der Waals surface area (Å²) in [6.07, 6.45) is 4.45. The van der Waals surface area contributed by atoms with Crippen molar-refractivity contribution in [1.29, 1.82) is 0 Å². The van der Waals surface area contributed by atoms with E-state index >= 15 is 0 Å². The lowest BCUT2D eigenvalue weighted by molar-refractivity contribution is 0.421. The fraction of sp³-hybridized carbons (Fsp3) is 1.00. The van der Waals surface area contributed by atoms with Crippen LogP contribution in [-0.2, 0) is 0 Å². The second-order valence-electron chi connectivity index (χ2n) is 4.03. The Morgan fingerprint density at radius 1 is 1.00 bits per heavy atom. The number of hydrogen-bond donors (Lipinski definition) is 2. The van der Waals surface area contributed by atoms with Crippen molar-refractivity contribution in [1.82, 2.24) is 0 Å². The first-order valence-corrected chi connectivity index (χ1v) is 5.09. The summed E-state index contributed by atoms with van der Waals surface area (Å²) in [6, 6.07) is 0.688. The molecule has 0 amide bonds. The molecule has 0 saturated carbocycles. The van der Waals surface area contributed by atoms with E-state index in [1.54, 1.807) is 0 Å². The number of hydrogen-bond acceptors (Lipinski definition) is 2. The molecule has 2 atom stereocenters. The van der Waals surface area contributed by atoms with Crippen LogP contribution in [0.3, 0.4) is 0 Å². The minimum absolute atomic E-state index is 0.327. The van der Waals surface area contributed by atoms with Crippen LogP contribution in [0.4, 0.5) is 0 Å². The maximum absolute atomic E-state index is 5.91. The van der Waals surface area contributed by atoms with Crippen molar-refractivity contribution in [3.8, 4) is 0 Å². The summed E-state index contributed by atoms with van der Waals surface area (Å²) < 4.78 is 0. The third kappa shape index (κ3) is 5.56. The van der Waals surface area contributed by atoms with Gasteiger partial charge in [-0.2, -0.15) is 0 Å². The minimum Gasteiger partial charge on any atom is -0.328 e. The molecule has 0 aliphatic rings. The van der Waals surface area contributed by atoms with Gasteiger partial charge in [0.25, 0.3) is 0 Å². The maximum Gasteiger partial charge on any atom is 0.00624 e. The van der Waals surface area contributed by atoms with Gasteiger partial charge in [-0.05, 0) is 25.2 Å². The summed E-state index contributed by atoms with van der Waals surface area (Å²) in [7, 11) is 0. The van der Waals surface area contributed by atoms with Gasteiger partial charge in [0.2, 0.25) is 0 Å². The predicted octanol–water partition coefficient (Wildman–Crippen LogP) is 1.88. The van der Waals surface area contributed by atoms with Crippen molar-refractivity contribution in [2.45, 2.75) is 58.5 Å². The highest BCUT2D eigenvalue weighted by Gasteiger charge is 2.09. The molecular formula is C10H24N2. The molecule has 0 bridgehead atoms. The van der Waals surface area contributed by atoms with Crippen LogP contribution in [-0.4, -0.2) is 12.1 Å². The van der Waals surface area contributed by atoms with Crippen LogP contribution in [0.15, 0.2) is 0 Å². The topological polar surface area (TPSA) is 52.0 Å². The third-order valence-electron chi connectivity index (χ3n) is 2.39. The van der Waals surface area contributed by atoms with Crippen molar-refractivity contribution < 1.29 is 0 Å². The molecule has 0 fully saturated rings. The Bertz CT molecular complexity index is 102. The van der Waals surface area contributed by atoms with E-state index in [1.165, 1.54) is 6.42 Å². The van der Waals surface area contributed by atoms with Gasteiger partial charge in [0, 0.05) is 12.1 Å². The minimum atomic E-state index is 0.327. The molecule has 12 heavy (non-hydrogen) atoms. The van der Waals surface area contributed by atoms with Gasteiger partial charge >= 0.3 is 0 Å². The molecule has 0 rings (SSSR count). The summed E-state index contributed by atoms with van der Waals surface area (Å²) in [5.41, 5.74) is 11.8. The molecule has 0 heterocycles. The van der Waals surface area contributed by atoms with Crippen LogP contribution < -0.4 is 11.5 Å². The predicted molar refractivity (Wildman–Crippen MR) is 54.9 cm³/mol. The van der Waals surface area contributed by atoms with Crippen LogP contribution in [0.2, 0.25) is 0 Å². The van der Waals surface area contributed by atoms with Gasteiger partial charge in [0.05, 0.1) is 0 Å². The summed E-state index contributed by atoms with van der Waals surface area (Å²) in [6.45, 7) is 6.49. The lowest BCUT2D eigenvalue weighted by atomic mass is 9.97. The van der Waals surface area contributed by atoms with Gasteiger partial charge in [-0.1, -0.05) is 27.2 Å². The van der Waals surface area contributed by atoms with Gasteiger partial charge in [-0.15, -0.1) is 0 Å². The second-order valence-corrected chi connectivity index (χ2v) is 4.03. The van der Waals surface area contributed by atoms with Crippen molar-refractivity contribution >= 4 is 0 Å². The SMILES string of the molecule is CCC[C@@H](N)CCC(N)C(C)C. The Morgan fingerprint density at radius 3 is 2.00 bits per heavy atom. The summed E-state index contributed by atoms with van der Waals surface area (Å²) in [5, 5.41) is 0. The number of rotatable bonds is 6. The highest BCUT2D eigenvalue weighted by Crippen LogP contribution is 2.09. The number of nitrogens with two attached hydrogens (primary N) is 2. The van der Waals surface area contributed by atoms with E-state index in [0.717, 1.165) is 19.3 Å². The van der Waals surface area contributed by atoms with E-state index in [9.17, 15) is 0 Å². The molecule has 4 N–H and O–H groups in total. The summed E-state index contributed by atoms with van der Waals surface area (Å²) in [4.78, 5) is 0. The molecule has 2 nitrogen and oxygen atoms in total. The summed E-state index contributed by atoms with van der Waals surface area (Å²) in [5.74, 6) is 0.582. The monoisotopic (exact) mass is 172 g/mol. The quantitative estimate of drug-likeness (QED) is 0.642. The van der Waals surface area contributed by atoms with Crippen LogP contribution in [0.5, 0.6) is 0 Å². The molecule has 0 aromatic heterocycles. The molecule has 0 aliphatic heterocycles. The Morgan fingerprint density at radius 2 is 1.58 bits per heavy atom. The standard InChI is InChI=1S/C10H24N2/c1-4-5-9(11)6-7-10(12)8(2)3/h8-10H,4-7,11-12H2,1-3H3/t9-,10?/m1/s1. The molecule has 0 aromatic rings. The maximum atomic E-state index is 5.91.